The molecule has 0 aromatic carbocycles. The monoisotopic (exact) mass is 216 g/mol. The summed E-state index contributed by atoms with van der Waals surface area (Å²) in [6.07, 6.45) is 9.55. The summed E-state index contributed by atoms with van der Waals surface area (Å²) in [5.41, 5.74) is 2.22. The molecule has 0 radical (unpaired) electrons. The highest BCUT2D eigenvalue weighted by molar-refractivity contribution is 5.35. The molecule has 0 aliphatic carbocycles. The Morgan fingerprint density at radius 2 is 2.25 bits per heavy atom. The predicted octanol–water partition coefficient (Wildman–Crippen LogP) is 1.27. The van der Waals surface area contributed by atoms with Crippen molar-refractivity contribution in [2.45, 2.75) is 19.3 Å². The molecule has 0 bridgehead atoms. The topological polar surface area (TPSA) is 42.2 Å². The lowest BCUT2D eigenvalue weighted by atomic mass is 9.92. The largest absolute Gasteiger partial charge is 0.317 e. The first-order valence-corrected chi connectivity index (χ1v) is 5.91. The van der Waals surface area contributed by atoms with Crippen LogP contribution in [0.5, 0.6) is 0 Å². The fourth-order valence-corrected chi connectivity index (χ4v) is 2.37. The first kappa shape index (κ1) is 9.78. The van der Waals surface area contributed by atoms with Crippen molar-refractivity contribution < 1.29 is 0 Å². The molecule has 1 N–H and O–H groups in total. The van der Waals surface area contributed by atoms with Gasteiger partial charge in [-0.2, -0.15) is 5.10 Å². The standard InChI is InChI=1S/C12H16N4/c1-4-13-5-2-10(1)7-11-8-14-12-3-6-15-16(12)9-11/h3,6,8-10,13H,1-2,4-5,7H2. The predicted molar refractivity (Wildman–Crippen MR) is 62.3 cm³/mol. The van der Waals surface area contributed by atoms with E-state index in [0.717, 1.165) is 31.1 Å². The van der Waals surface area contributed by atoms with Gasteiger partial charge in [-0.1, -0.05) is 0 Å². The summed E-state index contributed by atoms with van der Waals surface area (Å²) >= 11 is 0. The maximum absolute atomic E-state index is 4.39. The minimum absolute atomic E-state index is 0.802. The summed E-state index contributed by atoms with van der Waals surface area (Å²) in [6.45, 7) is 2.31. The Labute approximate surface area is 94.7 Å². The number of nitrogens with zero attached hydrogens (tertiary/aromatic N) is 3. The van der Waals surface area contributed by atoms with Crippen LogP contribution in [0, 0.1) is 5.92 Å². The fraction of sp³-hybridized carbons (Fsp3) is 0.500. The highest BCUT2D eigenvalue weighted by atomic mass is 15.2. The van der Waals surface area contributed by atoms with E-state index in [1.54, 1.807) is 6.20 Å². The van der Waals surface area contributed by atoms with Crippen LogP contribution >= 0.6 is 0 Å². The van der Waals surface area contributed by atoms with E-state index in [0.29, 0.717) is 0 Å². The summed E-state index contributed by atoms with van der Waals surface area (Å²) in [5.74, 6) is 0.802. The molecule has 2 aromatic heterocycles. The number of hydrogen-bond donors (Lipinski definition) is 1. The third-order valence-electron chi connectivity index (χ3n) is 3.28. The van der Waals surface area contributed by atoms with Crippen molar-refractivity contribution in [3.05, 3.63) is 30.2 Å². The first-order valence-electron chi connectivity index (χ1n) is 5.91. The van der Waals surface area contributed by atoms with Gasteiger partial charge in [0.1, 0.15) is 0 Å². The van der Waals surface area contributed by atoms with Crippen molar-refractivity contribution in [2.24, 2.45) is 5.92 Å². The minimum Gasteiger partial charge on any atom is -0.317 e. The van der Waals surface area contributed by atoms with Crippen molar-refractivity contribution in [3.63, 3.8) is 0 Å². The van der Waals surface area contributed by atoms with Crippen LogP contribution in [-0.2, 0) is 6.42 Å². The van der Waals surface area contributed by atoms with Gasteiger partial charge in [0.25, 0.3) is 0 Å². The van der Waals surface area contributed by atoms with Crippen LogP contribution in [0.15, 0.2) is 24.7 Å². The molecule has 0 unspecified atom stereocenters. The first-order chi connectivity index (χ1) is 7.92. The summed E-state index contributed by atoms with van der Waals surface area (Å²) in [7, 11) is 0. The summed E-state index contributed by atoms with van der Waals surface area (Å²) in [6, 6.07) is 1.92. The highest BCUT2D eigenvalue weighted by Crippen LogP contribution is 2.17. The van der Waals surface area contributed by atoms with Crippen molar-refractivity contribution >= 4 is 5.65 Å². The Bertz CT molecular complexity index is 471. The second-order valence-electron chi connectivity index (χ2n) is 4.49. The smallest absolute Gasteiger partial charge is 0.154 e. The normalized spacial score (nSPS) is 18.0. The van der Waals surface area contributed by atoms with Gasteiger partial charge in [-0.05, 0) is 43.8 Å². The van der Waals surface area contributed by atoms with Crippen LogP contribution in [0.2, 0.25) is 0 Å². The van der Waals surface area contributed by atoms with Crippen LogP contribution in [0.4, 0.5) is 0 Å². The summed E-state index contributed by atoms with van der Waals surface area (Å²) < 4.78 is 1.86. The maximum atomic E-state index is 4.39. The zero-order chi connectivity index (χ0) is 10.8. The number of fused-ring (bicyclic) bond motifs is 1. The van der Waals surface area contributed by atoms with E-state index in [-0.39, 0.29) is 0 Å². The Morgan fingerprint density at radius 1 is 1.38 bits per heavy atom. The zero-order valence-electron chi connectivity index (χ0n) is 9.26. The molecule has 1 fully saturated rings. The number of hydrogen-bond acceptors (Lipinski definition) is 3. The number of nitrogens with one attached hydrogen (secondary N) is 1. The molecule has 84 valence electrons. The van der Waals surface area contributed by atoms with Crippen LogP contribution in [0.1, 0.15) is 18.4 Å². The van der Waals surface area contributed by atoms with E-state index in [1.807, 2.05) is 16.8 Å². The Kier molecular flexibility index (Phi) is 2.58. The van der Waals surface area contributed by atoms with Crippen molar-refractivity contribution in [1.82, 2.24) is 19.9 Å². The molecule has 0 amide bonds. The van der Waals surface area contributed by atoms with Gasteiger partial charge >= 0.3 is 0 Å². The minimum atomic E-state index is 0.802. The number of aromatic nitrogens is 3. The Balaban J connectivity index is 1.77. The second kappa shape index (κ2) is 4.22. The SMILES string of the molecule is c1cc2ncc(CC3CCNCC3)cn2n1. The third kappa shape index (κ3) is 1.93. The van der Waals surface area contributed by atoms with E-state index >= 15 is 0 Å². The average molecular weight is 216 g/mol. The molecule has 0 saturated carbocycles. The van der Waals surface area contributed by atoms with E-state index < -0.39 is 0 Å². The van der Waals surface area contributed by atoms with E-state index in [9.17, 15) is 0 Å². The molecular formula is C12H16N4. The van der Waals surface area contributed by atoms with Gasteiger partial charge in [0.15, 0.2) is 5.65 Å². The molecule has 3 rings (SSSR count). The van der Waals surface area contributed by atoms with Crippen LogP contribution in [-0.4, -0.2) is 27.7 Å². The molecule has 4 heteroatoms. The van der Waals surface area contributed by atoms with Crippen LogP contribution in [0.25, 0.3) is 5.65 Å². The molecule has 3 heterocycles. The Morgan fingerprint density at radius 3 is 3.12 bits per heavy atom. The van der Waals surface area contributed by atoms with Crippen molar-refractivity contribution in [1.29, 1.82) is 0 Å². The number of rotatable bonds is 2. The van der Waals surface area contributed by atoms with Gasteiger partial charge < -0.3 is 5.32 Å². The second-order valence-corrected chi connectivity index (χ2v) is 4.49. The van der Waals surface area contributed by atoms with Crippen molar-refractivity contribution in [2.75, 3.05) is 13.1 Å². The molecule has 16 heavy (non-hydrogen) atoms. The van der Waals surface area contributed by atoms with Gasteiger partial charge in [0.05, 0.1) is 6.20 Å². The molecular weight excluding hydrogens is 200 g/mol. The number of piperidine rings is 1. The van der Waals surface area contributed by atoms with Gasteiger partial charge in [-0.3, -0.25) is 0 Å². The molecule has 1 saturated heterocycles. The quantitative estimate of drug-likeness (QED) is 0.822. The van der Waals surface area contributed by atoms with Gasteiger partial charge in [0, 0.05) is 18.5 Å². The summed E-state index contributed by atoms with van der Waals surface area (Å²) in [5, 5.41) is 7.61. The highest BCUT2D eigenvalue weighted by Gasteiger charge is 2.13. The van der Waals surface area contributed by atoms with Gasteiger partial charge in [-0.25, -0.2) is 9.50 Å². The van der Waals surface area contributed by atoms with E-state index in [1.165, 1.54) is 18.4 Å². The van der Waals surface area contributed by atoms with Crippen LogP contribution in [0.3, 0.4) is 0 Å². The molecule has 0 atom stereocenters. The Hall–Kier alpha value is -1.42. The lowest BCUT2D eigenvalue weighted by Crippen LogP contribution is -2.28. The molecule has 0 spiro atoms. The third-order valence-corrected chi connectivity index (χ3v) is 3.28. The lowest BCUT2D eigenvalue weighted by Gasteiger charge is -2.22. The van der Waals surface area contributed by atoms with Gasteiger partial charge in [-0.15, -0.1) is 0 Å². The average Bonchev–Trinajstić information content (AvgIpc) is 2.77. The van der Waals surface area contributed by atoms with E-state index in [4.69, 9.17) is 0 Å². The van der Waals surface area contributed by atoms with Crippen LogP contribution < -0.4 is 5.32 Å². The molecule has 1 aliphatic rings. The van der Waals surface area contributed by atoms with E-state index in [2.05, 4.69) is 21.6 Å². The van der Waals surface area contributed by atoms with Gasteiger partial charge in [0.2, 0.25) is 0 Å². The zero-order valence-corrected chi connectivity index (χ0v) is 9.26. The molecule has 4 nitrogen and oxygen atoms in total. The fourth-order valence-electron chi connectivity index (χ4n) is 2.37. The molecule has 2 aromatic rings. The van der Waals surface area contributed by atoms with Crippen molar-refractivity contribution in [3.8, 4) is 0 Å². The summed E-state index contributed by atoms with van der Waals surface area (Å²) in [4.78, 5) is 4.39. The molecule has 1 aliphatic heterocycles. The maximum Gasteiger partial charge on any atom is 0.154 e. The lowest BCUT2D eigenvalue weighted by molar-refractivity contribution is 0.372.